The average Bonchev–Trinajstić information content (AvgIpc) is 2.53. The zero-order valence-corrected chi connectivity index (χ0v) is 11.7. The van der Waals surface area contributed by atoms with Crippen molar-refractivity contribution in [1.82, 2.24) is 10.7 Å². The van der Waals surface area contributed by atoms with Crippen molar-refractivity contribution < 1.29 is 14.7 Å². The number of phenols is 1. The lowest BCUT2D eigenvalue weighted by Crippen LogP contribution is -2.34. The standard InChI is InChI=1S/C16H15N3O3/c20-14-8-4-5-12(9-14)10-18-19-15(21)11-17-16(22)13-6-2-1-3-7-13/h1-10,20H,11H2,(H,17,22)(H,19,21). The first-order chi connectivity index (χ1) is 10.6. The van der Waals surface area contributed by atoms with E-state index in [9.17, 15) is 14.7 Å². The number of hydrazone groups is 1. The van der Waals surface area contributed by atoms with Crippen molar-refractivity contribution in [2.75, 3.05) is 6.54 Å². The number of rotatable bonds is 5. The smallest absolute Gasteiger partial charge is 0.259 e. The maximum Gasteiger partial charge on any atom is 0.259 e. The number of hydrogen-bond donors (Lipinski definition) is 3. The van der Waals surface area contributed by atoms with Gasteiger partial charge in [-0.05, 0) is 29.8 Å². The lowest BCUT2D eigenvalue weighted by molar-refractivity contribution is -0.120. The van der Waals surface area contributed by atoms with Crippen molar-refractivity contribution in [2.45, 2.75) is 0 Å². The van der Waals surface area contributed by atoms with Crippen LogP contribution in [-0.4, -0.2) is 29.7 Å². The molecule has 0 fully saturated rings. The minimum Gasteiger partial charge on any atom is -0.508 e. The molecule has 22 heavy (non-hydrogen) atoms. The van der Waals surface area contributed by atoms with E-state index in [2.05, 4.69) is 15.8 Å². The number of hydrogen-bond acceptors (Lipinski definition) is 4. The molecule has 2 amide bonds. The number of aromatic hydroxyl groups is 1. The highest BCUT2D eigenvalue weighted by Crippen LogP contribution is 2.08. The van der Waals surface area contributed by atoms with Crippen LogP contribution >= 0.6 is 0 Å². The molecule has 0 atom stereocenters. The van der Waals surface area contributed by atoms with E-state index in [-0.39, 0.29) is 18.2 Å². The highest BCUT2D eigenvalue weighted by atomic mass is 16.3. The Morgan fingerprint density at radius 1 is 1.09 bits per heavy atom. The maximum atomic E-state index is 11.7. The van der Waals surface area contributed by atoms with Crippen LogP contribution in [0.5, 0.6) is 5.75 Å². The van der Waals surface area contributed by atoms with E-state index in [4.69, 9.17) is 0 Å². The van der Waals surface area contributed by atoms with Gasteiger partial charge in [0.15, 0.2) is 0 Å². The van der Waals surface area contributed by atoms with Crippen molar-refractivity contribution in [3.05, 3.63) is 65.7 Å². The highest BCUT2D eigenvalue weighted by Gasteiger charge is 2.06. The van der Waals surface area contributed by atoms with E-state index in [1.165, 1.54) is 18.3 Å². The van der Waals surface area contributed by atoms with Crippen molar-refractivity contribution in [2.24, 2.45) is 5.10 Å². The fraction of sp³-hybridized carbons (Fsp3) is 0.0625. The molecular formula is C16H15N3O3. The van der Waals surface area contributed by atoms with Crippen molar-refractivity contribution in [1.29, 1.82) is 0 Å². The van der Waals surface area contributed by atoms with Crippen molar-refractivity contribution in [3.8, 4) is 5.75 Å². The molecule has 112 valence electrons. The summed E-state index contributed by atoms with van der Waals surface area (Å²) in [5, 5.41) is 15.5. The maximum absolute atomic E-state index is 11.7. The van der Waals surface area contributed by atoms with Gasteiger partial charge in [0, 0.05) is 5.56 Å². The third-order valence-electron chi connectivity index (χ3n) is 2.72. The van der Waals surface area contributed by atoms with Crippen LogP contribution in [-0.2, 0) is 4.79 Å². The van der Waals surface area contributed by atoms with Gasteiger partial charge in [0.25, 0.3) is 11.8 Å². The van der Waals surface area contributed by atoms with E-state index >= 15 is 0 Å². The number of amides is 2. The molecule has 2 aromatic carbocycles. The van der Waals surface area contributed by atoms with Gasteiger partial charge in [-0.15, -0.1) is 0 Å². The highest BCUT2D eigenvalue weighted by molar-refractivity contribution is 5.96. The first-order valence-corrected chi connectivity index (χ1v) is 6.59. The molecule has 6 heteroatoms. The summed E-state index contributed by atoms with van der Waals surface area (Å²) >= 11 is 0. The molecule has 0 unspecified atom stereocenters. The van der Waals surface area contributed by atoms with Crippen LogP contribution in [0.1, 0.15) is 15.9 Å². The lowest BCUT2D eigenvalue weighted by Gasteiger charge is -2.03. The normalized spacial score (nSPS) is 10.4. The quantitative estimate of drug-likeness (QED) is 0.573. The van der Waals surface area contributed by atoms with Crippen LogP contribution in [0.2, 0.25) is 0 Å². The molecule has 2 aromatic rings. The summed E-state index contributed by atoms with van der Waals surface area (Å²) in [6, 6.07) is 15.1. The predicted molar refractivity (Wildman–Crippen MR) is 82.6 cm³/mol. The Morgan fingerprint density at radius 2 is 1.86 bits per heavy atom. The molecule has 0 spiro atoms. The number of phenolic OH excluding ortho intramolecular Hbond substituents is 1. The second kappa shape index (κ2) is 7.58. The Kier molecular flexibility index (Phi) is 5.25. The van der Waals surface area contributed by atoms with Crippen molar-refractivity contribution in [3.63, 3.8) is 0 Å². The molecule has 6 nitrogen and oxygen atoms in total. The van der Waals surface area contributed by atoms with Crippen molar-refractivity contribution >= 4 is 18.0 Å². The monoisotopic (exact) mass is 297 g/mol. The van der Waals surface area contributed by atoms with E-state index in [1.807, 2.05) is 0 Å². The van der Waals surface area contributed by atoms with Gasteiger partial charge in [0.1, 0.15) is 5.75 Å². The van der Waals surface area contributed by atoms with Gasteiger partial charge in [-0.3, -0.25) is 9.59 Å². The minimum absolute atomic E-state index is 0.116. The summed E-state index contributed by atoms with van der Waals surface area (Å²) in [5.74, 6) is -0.654. The van der Waals surface area contributed by atoms with Gasteiger partial charge in [0.05, 0.1) is 12.8 Å². The summed E-state index contributed by atoms with van der Waals surface area (Å²) in [4.78, 5) is 23.3. The number of carbonyl (C=O) groups excluding carboxylic acids is 2. The van der Waals surface area contributed by atoms with Gasteiger partial charge < -0.3 is 10.4 Å². The number of nitrogens with one attached hydrogen (secondary N) is 2. The molecule has 0 aliphatic heterocycles. The summed E-state index contributed by atoms with van der Waals surface area (Å²) in [6.07, 6.45) is 1.40. The molecule has 0 aromatic heterocycles. The van der Waals surface area contributed by atoms with Gasteiger partial charge in [-0.1, -0.05) is 30.3 Å². The molecule has 0 aliphatic carbocycles. The molecule has 3 N–H and O–H groups in total. The number of nitrogens with zero attached hydrogens (tertiary/aromatic N) is 1. The summed E-state index contributed by atoms with van der Waals surface area (Å²) in [5.41, 5.74) is 3.42. The van der Waals surface area contributed by atoms with Gasteiger partial charge in [-0.2, -0.15) is 5.10 Å². The Labute approximate surface area is 127 Å². The third-order valence-corrected chi connectivity index (χ3v) is 2.72. The Balaban J connectivity index is 1.77. The molecule has 0 aliphatic rings. The summed E-state index contributed by atoms with van der Waals surface area (Å²) < 4.78 is 0. The van der Waals surface area contributed by atoms with Crippen LogP contribution in [0.25, 0.3) is 0 Å². The Bertz CT molecular complexity index is 684. The molecule has 0 heterocycles. The zero-order chi connectivity index (χ0) is 15.8. The van der Waals surface area contributed by atoms with E-state index in [1.54, 1.807) is 42.5 Å². The predicted octanol–water partition coefficient (Wildman–Crippen LogP) is 1.27. The second-order valence-corrected chi connectivity index (χ2v) is 4.44. The largest absolute Gasteiger partial charge is 0.508 e. The fourth-order valence-corrected chi connectivity index (χ4v) is 1.68. The average molecular weight is 297 g/mol. The number of benzene rings is 2. The number of carbonyl (C=O) groups is 2. The fourth-order valence-electron chi connectivity index (χ4n) is 1.68. The SMILES string of the molecule is O=C(CNC(=O)c1ccccc1)NN=Cc1cccc(O)c1. The molecule has 0 saturated carbocycles. The van der Waals surface area contributed by atoms with Crippen LogP contribution < -0.4 is 10.7 Å². The molecule has 0 bridgehead atoms. The van der Waals surface area contributed by atoms with Crippen LogP contribution in [0.3, 0.4) is 0 Å². The summed E-state index contributed by atoms with van der Waals surface area (Å²) in [7, 11) is 0. The summed E-state index contributed by atoms with van der Waals surface area (Å²) in [6.45, 7) is -0.175. The topological polar surface area (TPSA) is 90.8 Å². The first kappa shape index (κ1) is 15.2. The molecule has 0 radical (unpaired) electrons. The Morgan fingerprint density at radius 3 is 2.59 bits per heavy atom. The molecule has 2 rings (SSSR count). The second-order valence-electron chi connectivity index (χ2n) is 4.44. The van der Waals surface area contributed by atoms with Gasteiger partial charge in [-0.25, -0.2) is 5.43 Å². The van der Waals surface area contributed by atoms with E-state index in [0.717, 1.165) is 0 Å². The molecule has 0 saturated heterocycles. The molecular weight excluding hydrogens is 282 g/mol. The van der Waals surface area contributed by atoms with E-state index in [0.29, 0.717) is 11.1 Å². The van der Waals surface area contributed by atoms with Crippen LogP contribution in [0.4, 0.5) is 0 Å². The minimum atomic E-state index is -0.444. The van der Waals surface area contributed by atoms with Crippen LogP contribution in [0.15, 0.2) is 59.7 Å². The first-order valence-electron chi connectivity index (χ1n) is 6.59. The zero-order valence-electron chi connectivity index (χ0n) is 11.7. The van der Waals surface area contributed by atoms with Gasteiger partial charge in [0.2, 0.25) is 0 Å². The lowest BCUT2D eigenvalue weighted by atomic mass is 10.2. The van der Waals surface area contributed by atoms with Gasteiger partial charge >= 0.3 is 0 Å². The third kappa shape index (κ3) is 4.75. The Hall–Kier alpha value is -3.15. The van der Waals surface area contributed by atoms with Crippen LogP contribution in [0, 0.1) is 0 Å². The van der Waals surface area contributed by atoms with E-state index < -0.39 is 5.91 Å².